The van der Waals surface area contributed by atoms with Gasteiger partial charge in [0.1, 0.15) is 11.3 Å². The predicted molar refractivity (Wildman–Crippen MR) is 96.5 cm³/mol. The number of amides is 1. The van der Waals surface area contributed by atoms with Crippen molar-refractivity contribution in [3.8, 4) is 11.5 Å². The number of hydrogen-bond donors (Lipinski definition) is 1. The van der Waals surface area contributed by atoms with Gasteiger partial charge in [0.05, 0.1) is 0 Å². The standard InChI is InChI=1S/C19H14N2O2S/c1-12-6-8-13(9-7-12)18(22)21-19-20-15(11-24-19)17-10-14-4-2-3-5-16(14)23-17/h2-11H,1H3,(H,20,21,22). The van der Waals surface area contributed by atoms with Crippen LogP contribution in [-0.2, 0) is 0 Å². The van der Waals surface area contributed by atoms with Crippen molar-refractivity contribution in [2.75, 3.05) is 5.32 Å². The second-order valence-corrected chi connectivity index (χ2v) is 6.36. The normalized spacial score (nSPS) is 10.9. The highest BCUT2D eigenvalue weighted by Gasteiger charge is 2.12. The van der Waals surface area contributed by atoms with Crippen molar-refractivity contribution in [2.24, 2.45) is 0 Å². The Labute approximate surface area is 142 Å². The molecule has 0 saturated heterocycles. The van der Waals surface area contributed by atoms with E-state index in [0.717, 1.165) is 22.2 Å². The van der Waals surface area contributed by atoms with Crippen molar-refractivity contribution in [3.05, 3.63) is 71.1 Å². The molecule has 2 aromatic heterocycles. The molecule has 0 aliphatic heterocycles. The maximum Gasteiger partial charge on any atom is 0.257 e. The summed E-state index contributed by atoms with van der Waals surface area (Å²) in [6.45, 7) is 1.99. The van der Waals surface area contributed by atoms with Crippen LogP contribution in [-0.4, -0.2) is 10.9 Å². The van der Waals surface area contributed by atoms with Gasteiger partial charge in [-0.3, -0.25) is 10.1 Å². The van der Waals surface area contributed by atoms with Gasteiger partial charge in [0.15, 0.2) is 10.9 Å². The van der Waals surface area contributed by atoms with Gasteiger partial charge < -0.3 is 4.42 Å². The van der Waals surface area contributed by atoms with Crippen LogP contribution in [0.4, 0.5) is 5.13 Å². The molecule has 0 aliphatic carbocycles. The Morgan fingerprint density at radius 1 is 1.12 bits per heavy atom. The topological polar surface area (TPSA) is 55.1 Å². The Morgan fingerprint density at radius 2 is 1.92 bits per heavy atom. The zero-order valence-electron chi connectivity index (χ0n) is 12.9. The van der Waals surface area contributed by atoms with Gasteiger partial charge in [-0.1, -0.05) is 35.9 Å². The largest absolute Gasteiger partial charge is 0.454 e. The lowest BCUT2D eigenvalue weighted by Gasteiger charge is -2.01. The summed E-state index contributed by atoms with van der Waals surface area (Å²) in [6.07, 6.45) is 0. The summed E-state index contributed by atoms with van der Waals surface area (Å²) in [4.78, 5) is 16.7. The van der Waals surface area contributed by atoms with Gasteiger partial charge in [-0.2, -0.15) is 0 Å². The van der Waals surface area contributed by atoms with Crippen molar-refractivity contribution in [3.63, 3.8) is 0 Å². The molecule has 0 bridgehead atoms. The van der Waals surface area contributed by atoms with Crippen molar-refractivity contribution >= 4 is 33.3 Å². The molecule has 118 valence electrons. The molecule has 1 N–H and O–H groups in total. The van der Waals surface area contributed by atoms with Crippen LogP contribution in [0.1, 0.15) is 15.9 Å². The molecule has 0 spiro atoms. The molecule has 24 heavy (non-hydrogen) atoms. The Bertz CT molecular complexity index is 982. The van der Waals surface area contributed by atoms with Crippen LogP contribution in [0.3, 0.4) is 0 Å². The fourth-order valence-corrected chi connectivity index (χ4v) is 3.12. The van der Waals surface area contributed by atoms with Gasteiger partial charge in [-0.15, -0.1) is 11.3 Å². The average Bonchev–Trinajstić information content (AvgIpc) is 3.21. The minimum absolute atomic E-state index is 0.166. The molecule has 0 fully saturated rings. The summed E-state index contributed by atoms with van der Waals surface area (Å²) in [6, 6.07) is 17.2. The van der Waals surface area contributed by atoms with E-state index in [9.17, 15) is 4.79 Å². The summed E-state index contributed by atoms with van der Waals surface area (Å²) in [5.41, 5.74) is 3.27. The number of benzene rings is 2. The van der Waals surface area contributed by atoms with Gasteiger partial charge in [-0.25, -0.2) is 4.98 Å². The number of anilines is 1. The first-order chi connectivity index (χ1) is 11.7. The number of carbonyl (C=O) groups excluding carboxylic acids is 1. The van der Waals surface area contributed by atoms with E-state index in [-0.39, 0.29) is 5.91 Å². The third kappa shape index (κ3) is 2.81. The fraction of sp³-hybridized carbons (Fsp3) is 0.0526. The van der Waals surface area contributed by atoms with Crippen LogP contribution >= 0.6 is 11.3 Å². The summed E-state index contributed by atoms with van der Waals surface area (Å²) >= 11 is 1.38. The van der Waals surface area contributed by atoms with E-state index >= 15 is 0 Å². The van der Waals surface area contributed by atoms with E-state index in [0.29, 0.717) is 16.5 Å². The van der Waals surface area contributed by atoms with E-state index in [4.69, 9.17) is 4.42 Å². The highest BCUT2D eigenvalue weighted by Crippen LogP contribution is 2.30. The van der Waals surface area contributed by atoms with Crippen LogP contribution in [0.15, 0.2) is 64.4 Å². The molecule has 4 rings (SSSR count). The van der Waals surface area contributed by atoms with Gasteiger partial charge in [-0.05, 0) is 31.2 Å². The van der Waals surface area contributed by atoms with Crippen molar-refractivity contribution in [1.82, 2.24) is 4.98 Å². The first kappa shape index (κ1) is 14.7. The van der Waals surface area contributed by atoms with E-state index in [1.807, 2.05) is 54.8 Å². The number of thiazole rings is 1. The number of nitrogens with one attached hydrogen (secondary N) is 1. The van der Waals surface area contributed by atoms with Crippen LogP contribution in [0.2, 0.25) is 0 Å². The molecular weight excluding hydrogens is 320 g/mol. The molecule has 0 unspecified atom stereocenters. The average molecular weight is 334 g/mol. The molecular formula is C19H14N2O2S. The number of aryl methyl sites for hydroxylation is 1. The number of aromatic nitrogens is 1. The van der Waals surface area contributed by atoms with Crippen molar-refractivity contribution < 1.29 is 9.21 Å². The van der Waals surface area contributed by atoms with E-state index in [1.165, 1.54) is 11.3 Å². The number of hydrogen-bond acceptors (Lipinski definition) is 4. The van der Waals surface area contributed by atoms with Crippen LogP contribution in [0, 0.1) is 6.92 Å². The zero-order chi connectivity index (χ0) is 16.5. The molecule has 0 radical (unpaired) electrons. The lowest BCUT2D eigenvalue weighted by molar-refractivity contribution is 0.102. The highest BCUT2D eigenvalue weighted by atomic mass is 32.1. The Kier molecular flexibility index (Phi) is 3.63. The minimum Gasteiger partial charge on any atom is -0.454 e. The first-order valence-electron chi connectivity index (χ1n) is 7.51. The highest BCUT2D eigenvalue weighted by molar-refractivity contribution is 7.14. The smallest absolute Gasteiger partial charge is 0.257 e. The lowest BCUT2D eigenvalue weighted by Crippen LogP contribution is -2.11. The fourth-order valence-electron chi connectivity index (χ4n) is 2.43. The number of nitrogens with zero attached hydrogens (tertiary/aromatic N) is 1. The molecule has 1 amide bonds. The molecule has 2 aromatic carbocycles. The summed E-state index contributed by atoms with van der Waals surface area (Å²) in [5, 5.41) is 6.29. The Balaban J connectivity index is 1.56. The first-order valence-corrected chi connectivity index (χ1v) is 8.39. The van der Waals surface area contributed by atoms with E-state index < -0.39 is 0 Å². The van der Waals surface area contributed by atoms with E-state index in [2.05, 4.69) is 10.3 Å². The van der Waals surface area contributed by atoms with Crippen LogP contribution in [0.5, 0.6) is 0 Å². The van der Waals surface area contributed by atoms with Crippen LogP contribution in [0.25, 0.3) is 22.4 Å². The molecule has 5 heteroatoms. The second-order valence-electron chi connectivity index (χ2n) is 5.51. The van der Waals surface area contributed by atoms with Crippen molar-refractivity contribution in [1.29, 1.82) is 0 Å². The zero-order valence-corrected chi connectivity index (χ0v) is 13.8. The molecule has 0 aliphatic rings. The molecule has 0 saturated carbocycles. The van der Waals surface area contributed by atoms with Gasteiger partial charge in [0.2, 0.25) is 0 Å². The van der Waals surface area contributed by atoms with Crippen molar-refractivity contribution in [2.45, 2.75) is 6.92 Å². The maximum atomic E-state index is 12.2. The summed E-state index contributed by atoms with van der Waals surface area (Å²) in [7, 11) is 0. The van der Waals surface area contributed by atoms with Gasteiger partial charge in [0, 0.05) is 16.3 Å². The molecule has 4 nitrogen and oxygen atoms in total. The monoisotopic (exact) mass is 334 g/mol. The molecule has 4 aromatic rings. The SMILES string of the molecule is Cc1ccc(C(=O)Nc2nc(-c3cc4ccccc4o3)cs2)cc1. The second kappa shape index (κ2) is 5.94. The third-order valence-corrected chi connectivity index (χ3v) is 4.47. The summed E-state index contributed by atoms with van der Waals surface area (Å²) in [5.74, 6) is 0.531. The number of furan rings is 1. The number of fused-ring (bicyclic) bond motifs is 1. The quantitative estimate of drug-likeness (QED) is 0.566. The van der Waals surface area contributed by atoms with E-state index in [1.54, 1.807) is 12.1 Å². The van der Waals surface area contributed by atoms with Gasteiger partial charge >= 0.3 is 0 Å². The minimum atomic E-state index is -0.166. The third-order valence-electron chi connectivity index (χ3n) is 3.72. The number of carbonyl (C=O) groups is 1. The maximum absolute atomic E-state index is 12.2. The van der Waals surface area contributed by atoms with Gasteiger partial charge in [0.25, 0.3) is 5.91 Å². The summed E-state index contributed by atoms with van der Waals surface area (Å²) < 4.78 is 5.80. The molecule has 2 heterocycles. The predicted octanol–water partition coefficient (Wildman–Crippen LogP) is 5.12. The molecule has 0 atom stereocenters. The number of para-hydroxylation sites is 1. The Hall–Kier alpha value is -2.92. The Morgan fingerprint density at radius 3 is 2.71 bits per heavy atom. The van der Waals surface area contributed by atoms with Crippen LogP contribution < -0.4 is 5.32 Å². The number of rotatable bonds is 3. The lowest BCUT2D eigenvalue weighted by atomic mass is 10.1.